The van der Waals surface area contributed by atoms with Crippen molar-refractivity contribution in [1.82, 2.24) is 5.32 Å². The third kappa shape index (κ3) is 3.17. The van der Waals surface area contributed by atoms with Crippen LogP contribution in [-0.4, -0.2) is 13.0 Å². The predicted octanol–water partition coefficient (Wildman–Crippen LogP) is 3.81. The van der Waals surface area contributed by atoms with Gasteiger partial charge >= 0.3 is 0 Å². The highest BCUT2D eigenvalue weighted by molar-refractivity contribution is 9.10. The van der Waals surface area contributed by atoms with Crippen molar-refractivity contribution in [1.29, 1.82) is 0 Å². The molecule has 4 heteroatoms. The molecule has 1 fully saturated rings. The number of hydrogen-bond acceptors (Lipinski definition) is 2. The Morgan fingerprint density at radius 1 is 1.18 bits per heavy atom. The first-order valence-corrected chi connectivity index (χ1v) is 8.11. The van der Waals surface area contributed by atoms with Gasteiger partial charge in [0.25, 0.3) is 0 Å². The van der Waals surface area contributed by atoms with Crippen molar-refractivity contribution in [2.75, 3.05) is 7.11 Å². The normalized spacial score (nSPS) is 15.2. The molecule has 3 nitrogen and oxygen atoms in total. The van der Waals surface area contributed by atoms with Crippen LogP contribution < -0.4 is 10.1 Å². The SMILES string of the molecule is COc1ccc(C2(NC(=O)Cc3ccccc3Br)CC2)cc1. The smallest absolute Gasteiger partial charge is 0.225 e. The first-order chi connectivity index (χ1) is 10.6. The zero-order valence-electron chi connectivity index (χ0n) is 12.4. The van der Waals surface area contributed by atoms with E-state index in [9.17, 15) is 4.79 Å². The number of amides is 1. The van der Waals surface area contributed by atoms with Gasteiger partial charge in [-0.1, -0.05) is 46.3 Å². The van der Waals surface area contributed by atoms with Crippen LogP contribution in [0.25, 0.3) is 0 Å². The molecule has 114 valence electrons. The van der Waals surface area contributed by atoms with Crippen LogP contribution in [0.15, 0.2) is 53.0 Å². The van der Waals surface area contributed by atoms with Gasteiger partial charge < -0.3 is 10.1 Å². The van der Waals surface area contributed by atoms with Crippen LogP contribution in [-0.2, 0) is 16.8 Å². The van der Waals surface area contributed by atoms with Gasteiger partial charge in [0, 0.05) is 4.47 Å². The van der Waals surface area contributed by atoms with Crippen LogP contribution in [0.5, 0.6) is 5.75 Å². The molecule has 0 aliphatic heterocycles. The molecule has 1 amide bonds. The molecule has 0 saturated heterocycles. The van der Waals surface area contributed by atoms with Crippen molar-refractivity contribution >= 4 is 21.8 Å². The molecule has 1 aliphatic rings. The molecule has 22 heavy (non-hydrogen) atoms. The highest BCUT2D eigenvalue weighted by Crippen LogP contribution is 2.45. The minimum absolute atomic E-state index is 0.0558. The molecule has 2 aromatic rings. The highest BCUT2D eigenvalue weighted by atomic mass is 79.9. The summed E-state index contributed by atoms with van der Waals surface area (Å²) in [5, 5.41) is 3.20. The molecule has 1 aliphatic carbocycles. The maximum atomic E-state index is 12.4. The number of carbonyl (C=O) groups is 1. The molecule has 0 radical (unpaired) electrons. The quantitative estimate of drug-likeness (QED) is 0.881. The number of halogens is 1. The van der Waals surface area contributed by atoms with Crippen LogP contribution in [0, 0.1) is 0 Å². The van der Waals surface area contributed by atoms with E-state index in [1.165, 1.54) is 0 Å². The lowest BCUT2D eigenvalue weighted by molar-refractivity contribution is -0.121. The van der Waals surface area contributed by atoms with Crippen molar-refractivity contribution in [2.24, 2.45) is 0 Å². The zero-order valence-corrected chi connectivity index (χ0v) is 14.0. The van der Waals surface area contributed by atoms with Gasteiger partial charge in [-0.05, 0) is 42.2 Å². The van der Waals surface area contributed by atoms with Gasteiger partial charge in [0.1, 0.15) is 5.75 Å². The standard InChI is InChI=1S/C18H18BrNO2/c1-22-15-8-6-14(7-9-15)18(10-11-18)20-17(21)12-13-4-2-3-5-16(13)19/h2-9H,10-12H2,1H3,(H,20,21). The largest absolute Gasteiger partial charge is 0.497 e. The second-order valence-electron chi connectivity index (χ2n) is 5.63. The summed E-state index contributed by atoms with van der Waals surface area (Å²) in [5.74, 6) is 0.888. The van der Waals surface area contributed by atoms with Gasteiger partial charge in [-0.15, -0.1) is 0 Å². The molecule has 0 spiro atoms. The summed E-state index contributed by atoms with van der Waals surface area (Å²) in [7, 11) is 1.65. The second-order valence-corrected chi connectivity index (χ2v) is 6.48. The second kappa shape index (κ2) is 6.13. The number of methoxy groups -OCH3 is 1. The molecule has 0 atom stereocenters. The summed E-state index contributed by atoms with van der Waals surface area (Å²) in [6.07, 6.45) is 2.36. The van der Waals surface area contributed by atoms with Gasteiger partial charge in [-0.3, -0.25) is 4.79 Å². The molecule has 0 heterocycles. The van der Waals surface area contributed by atoms with Crippen molar-refractivity contribution < 1.29 is 9.53 Å². The minimum atomic E-state index is -0.190. The average Bonchev–Trinajstić information content (AvgIpc) is 3.30. The van der Waals surface area contributed by atoms with Gasteiger partial charge in [0.05, 0.1) is 19.1 Å². The molecule has 0 bridgehead atoms. The van der Waals surface area contributed by atoms with E-state index in [4.69, 9.17) is 4.74 Å². The van der Waals surface area contributed by atoms with E-state index in [1.54, 1.807) is 7.11 Å². The van der Waals surface area contributed by atoms with E-state index in [-0.39, 0.29) is 11.4 Å². The van der Waals surface area contributed by atoms with Crippen LogP contribution in [0.2, 0.25) is 0 Å². The maximum absolute atomic E-state index is 12.4. The van der Waals surface area contributed by atoms with E-state index in [0.29, 0.717) is 6.42 Å². The summed E-state index contributed by atoms with van der Waals surface area (Å²) in [5.41, 5.74) is 1.96. The fourth-order valence-corrected chi connectivity index (χ4v) is 3.07. The Bertz CT molecular complexity index is 678. The maximum Gasteiger partial charge on any atom is 0.225 e. The van der Waals surface area contributed by atoms with Gasteiger partial charge in [0.2, 0.25) is 5.91 Å². The third-order valence-electron chi connectivity index (χ3n) is 4.08. The number of rotatable bonds is 5. The Labute approximate surface area is 138 Å². The molecular formula is C18H18BrNO2. The molecule has 0 aromatic heterocycles. The van der Waals surface area contributed by atoms with Crippen molar-refractivity contribution in [2.45, 2.75) is 24.8 Å². The van der Waals surface area contributed by atoms with E-state index in [1.807, 2.05) is 48.5 Å². The summed E-state index contributed by atoms with van der Waals surface area (Å²) < 4.78 is 6.15. The molecule has 1 N–H and O–H groups in total. The van der Waals surface area contributed by atoms with Crippen LogP contribution in [0.3, 0.4) is 0 Å². The topological polar surface area (TPSA) is 38.3 Å². The van der Waals surface area contributed by atoms with Crippen molar-refractivity contribution in [3.05, 3.63) is 64.1 Å². The van der Waals surface area contributed by atoms with Crippen LogP contribution >= 0.6 is 15.9 Å². The Hall–Kier alpha value is -1.81. The van der Waals surface area contributed by atoms with Crippen LogP contribution in [0.1, 0.15) is 24.0 Å². The monoisotopic (exact) mass is 359 g/mol. The number of benzene rings is 2. The lowest BCUT2D eigenvalue weighted by Gasteiger charge is -2.18. The number of ether oxygens (including phenoxy) is 1. The molecule has 1 saturated carbocycles. The lowest BCUT2D eigenvalue weighted by atomic mass is 10.0. The Balaban J connectivity index is 1.69. The highest BCUT2D eigenvalue weighted by Gasteiger charge is 2.45. The average molecular weight is 360 g/mol. The summed E-state index contributed by atoms with van der Waals surface area (Å²) >= 11 is 3.49. The minimum Gasteiger partial charge on any atom is -0.497 e. The zero-order chi connectivity index (χ0) is 15.6. The first kappa shape index (κ1) is 15.1. The molecule has 2 aromatic carbocycles. The van der Waals surface area contributed by atoms with Crippen molar-refractivity contribution in [3.8, 4) is 5.75 Å². The fourth-order valence-electron chi connectivity index (χ4n) is 2.65. The molecular weight excluding hydrogens is 342 g/mol. The number of nitrogens with one attached hydrogen (secondary N) is 1. The van der Waals surface area contributed by atoms with E-state index in [2.05, 4.69) is 21.2 Å². The van der Waals surface area contributed by atoms with Gasteiger partial charge in [-0.2, -0.15) is 0 Å². The number of hydrogen-bond donors (Lipinski definition) is 1. The predicted molar refractivity (Wildman–Crippen MR) is 89.9 cm³/mol. The summed E-state index contributed by atoms with van der Waals surface area (Å²) in [6.45, 7) is 0. The van der Waals surface area contributed by atoms with Crippen molar-refractivity contribution in [3.63, 3.8) is 0 Å². The number of carbonyl (C=O) groups excluding carboxylic acids is 1. The van der Waals surface area contributed by atoms with E-state index in [0.717, 1.165) is 34.2 Å². The van der Waals surface area contributed by atoms with E-state index >= 15 is 0 Å². The Morgan fingerprint density at radius 3 is 2.45 bits per heavy atom. The Kier molecular flexibility index (Phi) is 4.21. The summed E-state index contributed by atoms with van der Waals surface area (Å²) in [4.78, 5) is 12.4. The lowest BCUT2D eigenvalue weighted by Crippen LogP contribution is -2.35. The molecule has 3 rings (SSSR count). The van der Waals surface area contributed by atoms with Gasteiger partial charge in [0.15, 0.2) is 0 Å². The summed E-state index contributed by atoms with van der Waals surface area (Å²) in [6, 6.07) is 15.8. The Morgan fingerprint density at radius 2 is 1.86 bits per heavy atom. The van der Waals surface area contributed by atoms with Gasteiger partial charge in [-0.25, -0.2) is 0 Å². The molecule has 0 unspecified atom stereocenters. The van der Waals surface area contributed by atoms with E-state index < -0.39 is 0 Å². The first-order valence-electron chi connectivity index (χ1n) is 7.32. The third-order valence-corrected chi connectivity index (χ3v) is 4.85. The fraction of sp³-hybridized carbons (Fsp3) is 0.278. The van der Waals surface area contributed by atoms with Crippen LogP contribution in [0.4, 0.5) is 0 Å².